The smallest absolute Gasteiger partial charge is 0.316 e. The van der Waals surface area contributed by atoms with Crippen molar-refractivity contribution in [2.24, 2.45) is 5.92 Å². The predicted octanol–water partition coefficient (Wildman–Crippen LogP) is 3.81. The molecule has 1 aliphatic rings. The van der Waals surface area contributed by atoms with Crippen molar-refractivity contribution in [3.05, 3.63) is 35.4 Å². The number of rotatable bonds is 5. The highest BCUT2D eigenvalue weighted by molar-refractivity contribution is 5.30. The third-order valence-corrected chi connectivity index (χ3v) is 3.42. The highest BCUT2D eigenvalue weighted by Crippen LogP contribution is 2.47. The zero-order valence-corrected chi connectivity index (χ0v) is 10.4. The van der Waals surface area contributed by atoms with E-state index in [1.807, 2.05) is 0 Å². The van der Waals surface area contributed by atoms with Crippen molar-refractivity contribution >= 4 is 0 Å². The highest BCUT2D eigenvalue weighted by Gasteiger charge is 2.38. The zero-order valence-electron chi connectivity index (χ0n) is 10.4. The maximum atomic E-state index is 12.4. The lowest BCUT2D eigenvalue weighted by Gasteiger charge is -2.07. The van der Waals surface area contributed by atoms with E-state index in [0.29, 0.717) is 11.8 Å². The number of benzene rings is 1. The standard InChI is InChI=1S/C14H18F3N/c1-2-7-18-9-11-8-13(11)10-3-5-12(6-4-10)14(15,16)17/h3-6,11,13,18H,2,7-9H2,1H3. The van der Waals surface area contributed by atoms with E-state index in [9.17, 15) is 13.2 Å². The van der Waals surface area contributed by atoms with Gasteiger partial charge in [-0.3, -0.25) is 0 Å². The SMILES string of the molecule is CCCNCC1CC1c1ccc(C(F)(F)F)cc1. The van der Waals surface area contributed by atoms with Gasteiger partial charge in [0.05, 0.1) is 5.56 Å². The minimum atomic E-state index is -4.23. The molecule has 2 atom stereocenters. The van der Waals surface area contributed by atoms with Crippen LogP contribution in [-0.2, 0) is 6.18 Å². The van der Waals surface area contributed by atoms with E-state index in [1.54, 1.807) is 12.1 Å². The van der Waals surface area contributed by atoms with Crippen molar-refractivity contribution in [2.45, 2.75) is 31.9 Å². The quantitative estimate of drug-likeness (QED) is 0.791. The molecule has 1 aromatic carbocycles. The molecule has 2 rings (SSSR count). The van der Waals surface area contributed by atoms with Crippen LogP contribution in [0.5, 0.6) is 0 Å². The molecule has 0 saturated heterocycles. The van der Waals surface area contributed by atoms with Crippen LogP contribution in [0.2, 0.25) is 0 Å². The van der Waals surface area contributed by atoms with Crippen LogP contribution in [-0.4, -0.2) is 13.1 Å². The van der Waals surface area contributed by atoms with Crippen molar-refractivity contribution in [3.8, 4) is 0 Å². The van der Waals surface area contributed by atoms with Gasteiger partial charge in [-0.1, -0.05) is 19.1 Å². The summed E-state index contributed by atoms with van der Waals surface area (Å²) in [6.07, 6.45) is -2.04. The first-order chi connectivity index (χ1) is 8.52. The predicted molar refractivity (Wildman–Crippen MR) is 65.5 cm³/mol. The molecule has 1 N–H and O–H groups in total. The molecule has 1 aliphatic carbocycles. The number of hydrogen-bond donors (Lipinski definition) is 1. The van der Waals surface area contributed by atoms with E-state index in [1.165, 1.54) is 12.1 Å². The summed E-state index contributed by atoms with van der Waals surface area (Å²) in [6.45, 7) is 4.10. The molecule has 0 amide bonds. The summed E-state index contributed by atoms with van der Waals surface area (Å²) in [5, 5.41) is 3.35. The van der Waals surface area contributed by atoms with E-state index >= 15 is 0 Å². The molecule has 0 spiro atoms. The fourth-order valence-electron chi connectivity index (χ4n) is 2.26. The van der Waals surface area contributed by atoms with Gasteiger partial charge in [0.25, 0.3) is 0 Å². The molecule has 0 radical (unpaired) electrons. The van der Waals surface area contributed by atoms with Crippen LogP contribution in [0.4, 0.5) is 13.2 Å². The van der Waals surface area contributed by atoms with Crippen LogP contribution < -0.4 is 5.32 Å². The van der Waals surface area contributed by atoms with Crippen LogP contribution in [0.15, 0.2) is 24.3 Å². The molecule has 0 heterocycles. The molecule has 1 fully saturated rings. The third-order valence-electron chi connectivity index (χ3n) is 3.42. The lowest BCUT2D eigenvalue weighted by Crippen LogP contribution is -2.17. The van der Waals surface area contributed by atoms with Crippen LogP contribution in [0, 0.1) is 5.92 Å². The maximum absolute atomic E-state index is 12.4. The Morgan fingerprint density at radius 3 is 2.44 bits per heavy atom. The average Bonchev–Trinajstić information content (AvgIpc) is 3.08. The van der Waals surface area contributed by atoms with E-state index in [2.05, 4.69) is 12.2 Å². The zero-order chi connectivity index (χ0) is 13.2. The third kappa shape index (κ3) is 3.25. The van der Waals surface area contributed by atoms with Gasteiger partial charge >= 0.3 is 6.18 Å². The van der Waals surface area contributed by atoms with E-state index < -0.39 is 11.7 Å². The fraction of sp³-hybridized carbons (Fsp3) is 0.571. The first-order valence-electron chi connectivity index (χ1n) is 6.40. The molecule has 4 heteroatoms. The molecule has 2 unspecified atom stereocenters. The number of nitrogens with one attached hydrogen (secondary N) is 1. The van der Waals surface area contributed by atoms with Gasteiger partial charge in [0.1, 0.15) is 0 Å². The Labute approximate surface area is 105 Å². The Hall–Kier alpha value is -1.03. The molecular formula is C14H18F3N. The Bertz CT molecular complexity index is 383. The van der Waals surface area contributed by atoms with Crippen molar-refractivity contribution in [1.82, 2.24) is 5.32 Å². The Morgan fingerprint density at radius 2 is 1.89 bits per heavy atom. The molecule has 1 aromatic rings. The van der Waals surface area contributed by atoms with Crippen molar-refractivity contribution in [2.75, 3.05) is 13.1 Å². The summed E-state index contributed by atoms with van der Waals surface area (Å²) < 4.78 is 37.2. The lowest BCUT2D eigenvalue weighted by atomic mass is 10.1. The van der Waals surface area contributed by atoms with Crippen molar-refractivity contribution in [3.63, 3.8) is 0 Å². The normalized spacial score (nSPS) is 23.1. The Morgan fingerprint density at radius 1 is 1.22 bits per heavy atom. The summed E-state index contributed by atoms with van der Waals surface area (Å²) >= 11 is 0. The van der Waals surface area contributed by atoms with Gasteiger partial charge in [-0.05, 0) is 55.5 Å². The molecule has 18 heavy (non-hydrogen) atoms. The maximum Gasteiger partial charge on any atom is 0.416 e. The Kier molecular flexibility index (Phi) is 3.95. The first kappa shape index (κ1) is 13.4. The summed E-state index contributed by atoms with van der Waals surface area (Å²) in [5.41, 5.74) is 0.471. The summed E-state index contributed by atoms with van der Waals surface area (Å²) in [4.78, 5) is 0. The summed E-state index contributed by atoms with van der Waals surface area (Å²) in [5.74, 6) is 1.03. The minimum absolute atomic E-state index is 0.441. The number of hydrogen-bond acceptors (Lipinski definition) is 1. The van der Waals surface area contributed by atoms with Gasteiger partial charge in [0.15, 0.2) is 0 Å². The lowest BCUT2D eigenvalue weighted by molar-refractivity contribution is -0.137. The topological polar surface area (TPSA) is 12.0 Å². The largest absolute Gasteiger partial charge is 0.416 e. The van der Waals surface area contributed by atoms with Crippen LogP contribution in [0.1, 0.15) is 36.8 Å². The van der Waals surface area contributed by atoms with Gasteiger partial charge in [-0.25, -0.2) is 0 Å². The minimum Gasteiger partial charge on any atom is -0.316 e. The second-order valence-electron chi connectivity index (χ2n) is 4.93. The number of halogens is 3. The molecule has 0 aliphatic heterocycles. The molecule has 1 nitrogen and oxygen atoms in total. The molecule has 1 saturated carbocycles. The van der Waals surface area contributed by atoms with Gasteiger partial charge in [0, 0.05) is 0 Å². The molecular weight excluding hydrogens is 239 g/mol. The van der Waals surface area contributed by atoms with E-state index in [4.69, 9.17) is 0 Å². The van der Waals surface area contributed by atoms with E-state index in [0.717, 1.165) is 31.5 Å². The summed E-state index contributed by atoms with van der Waals surface area (Å²) in [6, 6.07) is 5.61. The van der Waals surface area contributed by atoms with Gasteiger partial charge in [0.2, 0.25) is 0 Å². The van der Waals surface area contributed by atoms with Crippen LogP contribution >= 0.6 is 0 Å². The monoisotopic (exact) mass is 257 g/mol. The molecule has 100 valence electrons. The molecule has 0 aromatic heterocycles. The second kappa shape index (κ2) is 5.31. The first-order valence-corrected chi connectivity index (χ1v) is 6.40. The molecule has 0 bridgehead atoms. The van der Waals surface area contributed by atoms with Gasteiger partial charge in [-0.2, -0.15) is 13.2 Å². The van der Waals surface area contributed by atoms with Crippen LogP contribution in [0.3, 0.4) is 0 Å². The Balaban J connectivity index is 1.88. The van der Waals surface area contributed by atoms with E-state index in [-0.39, 0.29) is 0 Å². The number of alkyl halides is 3. The average molecular weight is 257 g/mol. The van der Waals surface area contributed by atoms with Crippen molar-refractivity contribution < 1.29 is 13.2 Å². The van der Waals surface area contributed by atoms with Crippen LogP contribution in [0.25, 0.3) is 0 Å². The second-order valence-corrected chi connectivity index (χ2v) is 4.93. The van der Waals surface area contributed by atoms with Gasteiger partial charge in [-0.15, -0.1) is 0 Å². The summed E-state index contributed by atoms with van der Waals surface area (Å²) in [7, 11) is 0. The van der Waals surface area contributed by atoms with Gasteiger partial charge < -0.3 is 5.32 Å². The highest BCUT2D eigenvalue weighted by atomic mass is 19.4. The van der Waals surface area contributed by atoms with Crippen molar-refractivity contribution in [1.29, 1.82) is 0 Å². The fourth-order valence-corrected chi connectivity index (χ4v) is 2.26.